The quantitative estimate of drug-likeness (QED) is 0.701. The fourth-order valence-corrected chi connectivity index (χ4v) is 1.40. The highest BCUT2D eigenvalue weighted by molar-refractivity contribution is 7.85. The molecule has 0 fully saturated rings. The van der Waals surface area contributed by atoms with Gasteiger partial charge >= 0.3 is 0 Å². The maximum absolute atomic E-state index is 10.6. The molecule has 0 saturated heterocycles. The smallest absolute Gasteiger partial charge is 0.294 e. The molecule has 1 aromatic rings. The average Bonchev–Trinajstić information content (AvgIpc) is 2.03. The normalized spacial score (nSPS) is 14.1. The number of rotatable bonds is 2. The lowest BCUT2D eigenvalue weighted by atomic mass is 10.1. The third-order valence-electron chi connectivity index (χ3n) is 1.66. The monoisotopic (exact) mass is 202 g/mol. The molecule has 0 spiro atoms. The molecule has 0 aliphatic heterocycles. The van der Waals surface area contributed by atoms with E-state index >= 15 is 0 Å². The molecule has 1 rings (SSSR count). The van der Waals surface area contributed by atoms with Crippen LogP contribution in [0.4, 0.5) is 0 Å². The van der Waals surface area contributed by atoms with Crippen LogP contribution in [0.25, 0.3) is 0 Å². The van der Waals surface area contributed by atoms with Crippen molar-refractivity contribution in [2.24, 2.45) is 0 Å². The molecule has 1 atom stereocenters. The molecule has 0 bridgehead atoms. The van der Waals surface area contributed by atoms with Crippen molar-refractivity contribution in [3.8, 4) is 0 Å². The molecule has 0 heterocycles. The molecule has 0 aromatic heterocycles. The lowest BCUT2D eigenvalue weighted by Gasteiger charge is -2.04. The van der Waals surface area contributed by atoms with E-state index in [9.17, 15) is 8.42 Å². The van der Waals surface area contributed by atoms with Gasteiger partial charge in [0.15, 0.2) is 0 Å². The van der Waals surface area contributed by atoms with Crippen molar-refractivity contribution in [2.75, 3.05) is 0 Å². The second-order valence-electron chi connectivity index (χ2n) is 2.72. The molecule has 5 heteroatoms. The summed E-state index contributed by atoms with van der Waals surface area (Å²) in [6, 6.07) is 5.40. The minimum absolute atomic E-state index is 0.170. The first-order valence-electron chi connectivity index (χ1n) is 3.67. The van der Waals surface area contributed by atoms with Gasteiger partial charge in [-0.1, -0.05) is 12.1 Å². The Labute approximate surface area is 76.6 Å². The van der Waals surface area contributed by atoms with E-state index in [1.54, 1.807) is 6.92 Å². The SMILES string of the molecule is CC(O)c1ccc(S(=O)(=O)O)cc1. The van der Waals surface area contributed by atoms with Crippen LogP contribution in [0.15, 0.2) is 29.2 Å². The Bertz CT molecular complexity index is 377. The van der Waals surface area contributed by atoms with Crippen LogP contribution in [0.3, 0.4) is 0 Å². The van der Waals surface area contributed by atoms with Gasteiger partial charge in [-0.05, 0) is 24.6 Å². The molecule has 0 radical (unpaired) electrons. The summed E-state index contributed by atoms with van der Waals surface area (Å²) in [5, 5.41) is 9.11. The Hall–Kier alpha value is -0.910. The zero-order valence-electron chi connectivity index (χ0n) is 7.01. The third-order valence-corrected chi connectivity index (χ3v) is 2.53. The fraction of sp³-hybridized carbons (Fsp3) is 0.250. The van der Waals surface area contributed by atoms with Crippen molar-refractivity contribution >= 4 is 10.1 Å². The maximum atomic E-state index is 10.6. The van der Waals surface area contributed by atoms with Crippen LogP contribution in [-0.2, 0) is 10.1 Å². The van der Waals surface area contributed by atoms with Crippen LogP contribution in [0.1, 0.15) is 18.6 Å². The number of benzene rings is 1. The highest BCUT2D eigenvalue weighted by Gasteiger charge is 2.09. The molecular weight excluding hydrogens is 192 g/mol. The summed E-state index contributed by atoms with van der Waals surface area (Å²) in [6.45, 7) is 1.57. The molecule has 2 N–H and O–H groups in total. The van der Waals surface area contributed by atoms with Crippen LogP contribution < -0.4 is 0 Å². The summed E-state index contributed by atoms with van der Waals surface area (Å²) in [5.41, 5.74) is 0.604. The van der Waals surface area contributed by atoms with Gasteiger partial charge in [-0.15, -0.1) is 0 Å². The standard InChI is InChI=1S/C8H10O4S/c1-6(9)7-2-4-8(5-3-7)13(10,11)12/h2-6,9H,1H3,(H,10,11,12). The highest BCUT2D eigenvalue weighted by Crippen LogP contribution is 2.15. The molecule has 0 aliphatic rings. The van der Waals surface area contributed by atoms with Crippen molar-refractivity contribution in [3.05, 3.63) is 29.8 Å². The summed E-state index contributed by atoms with van der Waals surface area (Å²) in [7, 11) is -4.13. The van der Waals surface area contributed by atoms with Gasteiger partial charge in [0.1, 0.15) is 0 Å². The second-order valence-corrected chi connectivity index (χ2v) is 4.14. The van der Waals surface area contributed by atoms with Crippen molar-refractivity contribution in [1.82, 2.24) is 0 Å². The van der Waals surface area contributed by atoms with Crippen LogP contribution in [-0.4, -0.2) is 18.1 Å². The molecular formula is C8H10O4S. The van der Waals surface area contributed by atoms with Crippen molar-refractivity contribution in [3.63, 3.8) is 0 Å². The number of aliphatic hydroxyl groups is 1. The van der Waals surface area contributed by atoms with Crippen molar-refractivity contribution in [2.45, 2.75) is 17.9 Å². The third kappa shape index (κ3) is 2.51. The first-order chi connectivity index (χ1) is 5.91. The average molecular weight is 202 g/mol. The van der Waals surface area contributed by atoms with Crippen LogP contribution in [0, 0.1) is 0 Å². The fourth-order valence-electron chi connectivity index (χ4n) is 0.918. The van der Waals surface area contributed by atoms with E-state index in [0.29, 0.717) is 5.56 Å². The largest absolute Gasteiger partial charge is 0.389 e. The number of hydrogen-bond donors (Lipinski definition) is 2. The van der Waals surface area contributed by atoms with Gasteiger partial charge in [-0.3, -0.25) is 4.55 Å². The van der Waals surface area contributed by atoms with Gasteiger partial charge in [0.25, 0.3) is 10.1 Å². The summed E-state index contributed by atoms with van der Waals surface area (Å²) in [4.78, 5) is -0.170. The molecule has 0 aliphatic carbocycles. The summed E-state index contributed by atoms with van der Waals surface area (Å²) in [6.07, 6.45) is -0.643. The van der Waals surface area contributed by atoms with Crippen LogP contribution >= 0.6 is 0 Å². The van der Waals surface area contributed by atoms with Gasteiger partial charge in [-0.2, -0.15) is 8.42 Å². The minimum Gasteiger partial charge on any atom is -0.389 e. The first kappa shape index (κ1) is 10.2. The molecule has 0 amide bonds. The lowest BCUT2D eigenvalue weighted by molar-refractivity contribution is 0.199. The molecule has 72 valence electrons. The zero-order chi connectivity index (χ0) is 10.1. The summed E-state index contributed by atoms with van der Waals surface area (Å²) in [5.74, 6) is 0. The maximum Gasteiger partial charge on any atom is 0.294 e. The predicted octanol–water partition coefficient (Wildman–Crippen LogP) is 0.987. The van der Waals surface area contributed by atoms with E-state index in [0.717, 1.165) is 0 Å². The minimum atomic E-state index is -4.13. The van der Waals surface area contributed by atoms with Gasteiger partial charge in [0.2, 0.25) is 0 Å². The van der Waals surface area contributed by atoms with E-state index in [2.05, 4.69) is 0 Å². The Morgan fingerprint density at radius 2 is 1.69 bits per heavy atom. The molecule has 0 saturated carbocycles. The Morgan fingerprint density at radius 1 is 1.23 bits per heavy atom. The predicted molar refractivity (Wildman–Crippen MR) is 46.9 cm³/mol. The molecule has 13 heavy (non-hydrogen) atoms. The number of hydrogen-bond acceptors (Lipinski definition) is 3. The Morgan fingerprint density at radius 3 is 2.00 bits per heavy atom. The van der Waals surface area contributed by atoms with E-state index in [-0.39, 0.29) is 4.90 Å². The molecule has 4 nitrogen and oxygen atoms in total. The number of aliphatic hydroxyl groups excluding tert-OH is 1. The van der Waals surface area contributed by atoms with Crippen LogP contribution in [0.5, 0.6) is 0 Å². The van der Waals surface area contributed by atoms with Crippen molar-refractivity contribution in [1.29, 1.82) is 0 Å². The van der Waals surface area contributed by atoms with Crippen molar-refractivity contribution < 1.29 is 18.1 Å². The molecule has 1 aromatic carbocycles. The lowest BCUT2D eigenvalue weighted by Crippen LogP contribution is -1.98. The Balaban J connectivity index is 3.08. The van der Waals surface area contributed by atoms with E-state index in [4.69, 9.17) is 9.66 Å². The van der Waals surface area contributed by atoms with E-state index in [1.165, 1.54) is 24.3 Å². The topological polar surface area (TPSA) is 74.6 Å². The van der Waals surface area contributed by atoms with Gasteiger partial charge in [0.05, 0.1) is 11.0 Å². The van der Waals surface area contributed by atoms with Gasteiger partial charge < -0.3 is 5.11 Å². The Kier molecular flexibility index (Phi) is 2.70. The van der Waals surface area contributed by atoms with Gasteiger partial charge in [-0.25, -0.2) is 0 Å². The van der Waals surface area contributed by atoms with Gasteiger partial charge in [0, 0.05) is 0 Å². The summed E-state index contributed by atoms with van der Waals surface area (Å²) >= 11 is 0. The summed E-state index contributed by atoms with van der Waals surface area (Å²) < 4.78 is 29.8. The van der Waals surface area contributed by atoms with E-state index < -0.39 is 16.2 Å². The van der Waals surface area contributed by atoms with E-state index in [1.807, 2.05) is 0 Å². The highest BCUT2D eigenvalue weighted by atomic mass is 32.2. The second kappa shape index (κ2) is 3.45. The van der Waals surface area contributed by atoms with Crippen LogP contribution in [0.2, 0.25) is 0 Å². The zero-order valence-corrected chi connectivity index (χ0v) is 7.82. The first-order valence-corrected chi connectivity index (χ1v) is 5.11. The molecule has 1 unspecified atom stereocenters.